The van der Waals surface area contributed by atoms with Gasteiger partial charge in [-0.15, -0.1) is 0 Å². The van der Waals surface area contributed by atoms with Crippen molar-refractivity contribution in [3.63, 3.8) is 0 Å². The molecule has 0 saturated heterocycles. The first-order valence-electron chi connectivity index (χ1n) is 15.5. The Kier molecular flexibility index (Phi) is 28.8. The maximum absolute atomic E-state index is 12.2. The van der Waals surface area contributed by atoms with Crippen LogP contribution in [0.2, 0.25) is 0 Å². The first-order valence-corrected chi connectivity index (χ1v) is 15.5. The Bertz CT molecular complexity index is 705. The van der Waals surface area contributed by atoms with Crippen LogP contribution in [0.5, 0.6) is 0 Å². The number of carbonyl (C=O) groups excluding carboxylic acids is 2. The molecule has 0 aliphatic carbocycles. The molecule has 3 N–H and O–H groups in total. The molecule has 0 aromatic heterocycles. The Labute approximate surface area is 246 Å². The number of unbranched alkanes of at least 4 members (excludes halogenated alkanes) is 12. The molecule has 1 atom stereocenters. The highest BCUT2D eigenvalue weighted by Gasteiger charge is 2.20. The molecule has 0 heterocycles. The van der Waals surface area contributed by atoms with Crippen molar-refractivity contribution < 1.29 is 33.7 Å². The lowest BCUT2D eigenvalue weighted by Crippen LogP contribution is -2.41. The van der Waals surface area contributed by atoms with Gasteiger partial charge in [0.05, 0.1) is 39.6 Å². The Balaban J connectivity index is 3.68. The third-order valence-electron chi connectivity index (χ3n) is 6.51. The predicted molar refractivity (Wildman–Crippen MR) is 159 cm³/mol. The van der Waals surface area contributed by atoms with E-state index in [0.29, 0.717) is 52.6 Å². The fourth-order valence-electron chi connectivity index (χ4n) is 4.15. The number of amides is 2. The molecule has 41 heavy (non-hydrogen) atoms. The topological polar surface area (TPSA) is 172 Å². The first kappa shape index (κ1) is 38.6. The van der Waals surface area contributed by atoms with E-state index in [1.807, 2.05) is 0 Å². The van der Waals surface area contributed by atoms with Gasteiger partial charge in [-0.1, -0.05) is 89.1 Å². The van der Waals surface area contributed by atoms with E-state index in [2.05, 4.69) is 27.6 Å². The van der Waals surface area contributed by atoms with Crippen molar-refractivity contribution >= 4 is 17.8 Å². The minimum atomic E-state index is -1.14. The van der Waals surface area contributed by atoms with Gasteiger partial charge in [-0.05, 0) is 18.4 Å². The zero-order valence-electron chi connectivity index (χ0n) is 25.3. The van der Waals surface area contributed by atoms with Gasteiger partial charge >= 0.3 is 5.97 Å². The molecule has 2 amide bonds. The third kappa shape index (κ3) is 28.9. The largest absolute Gasteiger partial charge is 0.480 e. The van der Waals surface area contributed by atoms with Gasteiger partial charge in [0.25, 0.3) is 0 Å². The minimum absolute atomic E-state index is 0.00121. The molecule has 0 unspecified atom stereocenters. The summed E-state index contributed by atoms with van der Waals surface area (Å²) in [5, 5.41) is 18.0. The predicted octanol–water partition coefficient (Wildman–Crippen LogP) is 5.29. The number of hydrogen-bond donors (Lipinski definition) is 3. The monoisotopic (exact) mass is 585 g/mol. The lowest BCUT2D eigenvalue weighted by molar-refractivity contribution is -0.142. The van der Waals surface area contributed by atoms with Crippen LogP contribution in [0.3, 0.4) is 0 Å². The fraction of sp³-hybridized carbons (Fsp3) is 0.897. The summed E-state index contributed by atoms with van der Waals surface area (Å²) in [4.78, 5) is 38.4. The Morgan fingerprint density at radius 3 is 1.78 bits per heavy atom. The maximum atomic E-state index is 12.2. The smallest absolute Gasteiger partial charge is 0.326 e. The summed E-state index contributed by atoms with van der Waals surface area (Å²) in [5.41, 5.74) is 8.14. The molecule has 0 rings (SSSR count). The van der Waals surface area contributed by atoms with Crippen LogP contribution < -0.4 is 10.6 Å². The number of ether oxygens (including phenoxy) is 3. The van der Waals surface area contributed by atoms with Gasteiger partial charge in [-0.2, -0.15) is 0 Å². The van der Waals surface area contributed by atoms with Gasteiger partial charge < -0.3 is 30.0 Å². The fourth-order valence-corrected chi connectivity index (χ4v) is 4.15. The average Bonchev–Trinajstić information content (AvgIpc) is 2.95. The summed E-state index contributed by atoms with van der Waals surface area (Å²) in [6.07, 6.45) is 16.2. The molecule has 0 radical (unpaired) electrons. The average molecular weight is 586 g/mol. The number of nitrogens with zero attached hydrogens (tertiary/aromatic N) is 3. The summed E-state index contributed by atoms with van der Waals surface area (Å²) in [5.74, 6) is -1.71. The van der Waals surface area contributed by atoms with Crippen LogP contribution in [0.25, 0.3) is 10.4 Å². The van der Waals surface area contributed by atoms with E-state index < -0.39 is 12.0 Å². The molecule has 0 aliphatic heterocycles. The van der Waals surface area contributed by atoms with Crippen molar-refractivity contribution in [2.75, 3.05) is 52.7 Å². The Hall–Kier alpha value is -2.40. The molecule has 0 bridgehead atoms. The molecule has 12 nitrogen and oxygen atoms in total. The molecule has 0 aromatic rings. The van der Waals surface area contributed by atoms with Crippen LogP contribution >= 0.6 is 0 Å². The highest BCUT2D eigenvalue weighted by Crippen LogP contribution is 2.13. The van der Waals surface area contributed by atoms with Crippen LogP contribution in [-0.4, -0.2) is 81.7 Å². The second-order valence-electron chi connectivity index (χ2n) is 10.1. The van der Waals surface area contributed by atoms with Crippen molar-refractivity contribution in [3.8, 4) is 0 Å². The van der Waals surface area contributed by atoms with Crippen molar-refractivity contribution in [2.45, 2.75) is 116 Å². The SMILES string of the molecule is CCCCCCCCCCCCCCCC(=O)N[C@@H](CCC(=O)NCCOCCOCCOCCN=[N+]=[N-])C(=O)O. The van der Waals surface area contributed by atoms with Gasteiger partial charge in [0, 0.05) is 30.8 Å². The molecule has 0 spiro atoms. The minimum Gasteiger partial charge on any atom is -0.480 e. The van der Waals surface area contributed by atoms with Crippen LogP contribution in [0.1, 0.15) is 110 Å². The zero-order chi connectivity index (χ0) is 30.2. The van der Waals surface area contributed by atoms with Gasteiger partial charge in [0.15, 0.2) is 0 Å². The highest BCUT2D eigenvalue weighted by molar-refractivity contribution is 5.84. The lowest BCUT2D eigenvalue weighted by atomic mass is 10.0. The first-order chi connectivity index (χ1) is 20.0. The van der Waals surface area contributed by atoms with E-state index in [0.717, 1.165) is 19.3 Å². The quantitative estimate of drug-likeness (QED) is 0.0429. The normalized spacial score (nSPS) is 11.5. The summed E-state index contributed by atoms with van der Waals surface area (Å²) < 4.78 is 15.9. The van der Waals surface area contributed by atoms with Gasteiger partial charge in [0.2, 0.25) is 11.8 Å². The molecule has 0 saturated carbocycles. The van der Waals surface area contributed by atoms with E-state index in [-0.39, 0.29) is 31.2 Å². The van der Waals surface area contributed by atoms with Crippen LogP contribution in [0.4, 0.5) is 0 Å². The zero-order valence-corrected chi connectivity index (χ0v) is 25.3. The third-order valence-corrected chi connectivity index (χ3v) is 6.51. The summed E-state index contributed by atoms with van der Waals surface area (Å²) in [7, 11) is 0. The number of rotatable bonds is 31. The van der Waals surface area contributed by atoms with Crippen molar-refractivity contribution in [3.05, 3.63) is 10.4 Å². The number of carboxylic acid groups (broad SMARTS) is 1. The van der Waals surface area contributed by atoms with E-state index in [9.17, 15) is 19.5 Å². The van der Waals surface area contributed by atoms with Gasteiger partial charge in [-0.3, -0.25) is 9.59 Å². The number of azide groups is 1. The Morgan fingerprint density at radius 2 is 1.24 bits per heavy atom. The van der Waals surface area contributed by atoms with Crippen molar-refractivity contribution in [2.24, 2.45) is 5.11 Å². The van der Waals surface area contributed by atoms with E-state index in [1.165, 1.54) is 64.2 Å². The summed E-state index contributed by atoms with van der Waals surface area (Å²) in [6, 6.07) is -1.08. The molecular weight excluding hydrogens is 530 g/mol. The second-order valence-corrected chi connectivity index (χ2v) is 10.1. The van der Waals surface area contributed by atoms with E-state index in [1.54, 1.807) is 0 Å². The number of nitrogens with one attached hydrogen (secondary N) is 2. The van der Waals surface area contributed by atoms with Crippen molar-refractivity contribution in [1.82, 2.24) is 10.6 Å². The lowest BCUT2D eigenvalue weighted by Gasteiger charge is -2.14. The molecule has 0 fully saturated rings. The van der Waals surface area contributed by atoms with E-state index in [4.69, 9.17) is 19.7 Å². The molecular formula is C29H55N5O7. The number of aliphatic carboxylic acids is 1. The van der Waals surface area contributed by atoms with Crippen molar-refractivity contribution in [1.29, 1.82) is 0 Å². The van der Waals surface area contributed by atoms with Crippen LogP contribution in [0, 0.1) is 0 Å². The standard InChI is InChI=1S/C29H55N5O7/c1-2-3-4-5-6-7-8-9-10-11-12-13-14-15-28(36)33-26(29(37)38)16-17-27(35)31-18-20-39-22-24-41-25-23-40-21-19-32-34-30/h26H,2-25H2,1H3,(H,31,35)(H,33,36)(H,37,38)/t26-/m0/s1. The van der Waals surface area contributed by atoms with Crippen LogP contribution in [0.15, 0.2) is 5.11 Å². The number of carboxylic acids is 1. The summed E-state index contributed by atoms with van der Waals surface area (Å²) in [6.45, 7) is 5.02. The molecule has 0 aromatic carbocycles. The molecule has 0 aliphatic rings. The number of hydrogen-bond acceptors (Lipinski definition) is 7. The van der Waals surface area contributed by atoms with Gasteiger partial charge in [0.1, 0.15) is 6.04 Å². The highest BCUT2D eigenvalue weighted by atomic mass is 16.5. The summed E-state index contributed by atoms with van der Waals surface area (Å²) >= 11 is 0. The van der Waals surface area contributed by atoms with Crippen LogP contribution in [-0.2, 0) is 28.6 Å². The Morgan fingerprint density at radius 1 is 0.732 bits per heavy atom. The van der Waals surface area contributed by atoms with E-state index >= 15 is 0 Å². The van der Waals surface area contributed by atoms with Gasteiger partial charge in [-0.25, -0.2) is 4.79 Å². The second kappa shape index (κ2) is 30.6. The maximum Gasteiger partial charge on any atom is 0.326 e. The molecule has 238 valence electrons. The molecule has 12 heteroatoms. The number of carbonyl (C=O) groups is 3.